The predicted octanol–water partition coefficient (Wildman–Crippen LogP) is 3.17. The van der Waals surface area contributed by atoms with Crippen LogP contribution in [0.25, 0.3) is 0 Å². The maximum Gasteiger partial charge on any atom is 0.407 e. The van der Waals surface area contributed by atoms with Gasteiger partial charge in [-0.05, 0) is 91.0 Å². The summed E-state index contributed by atoms with van der Waals surface area (Å²) < 4.78 is 40.2. The lowest BCUT2D eigenvalue weighted by atomic mass is 9.83. The van der Waals surface area contributed by atoms with E-state index in [1.165, 1.54) is 24.3 Å². The highest BCUT2D eigenvalue weighted by Gasteiger charge is 2.49. The Morgan fingerprint density at radius 1 is 0.951 bits per heavy atom. The summed E-state index contributed by atoms with van der Waals surface area (Å²) in [7, 11) is 0. The zero-order chi connectivity index (χ0) is 45.3. The second kappa shape index (κ2) is 24.0. The molecule has 1 fully saturated rings. The van der Waals surface area contributed by atoms with Crippen molar-refractivity contribution in [1.29, 1.82) is 0 Å². The largest absolute Gasteiger partial charge is 0.468 e. The number of nitrogens with zero attached hydrogens (tertiary/aromatic N) is 1. The summed E-state index contributed by atoms with van der Waals surface area (Å²) in [4.78, 5) is 61.5. The van der Waals surface area contributed by atoms with Crippen LogP contribution in [0.15, 0.2) is 36.1 Å². The fourth-order valence-electron chi connectivity index (χ4n) is 6.20. The van der Waals surface area contributed by atoms with Crippen LogP contribution in [0, 0.1) is 10.1 Å². The van der Waals surface area contributed by atoms with Crippen molar-refractivity contribution in [1.82, 2.24) is 21.3 Å². The number of nitrogens with one attached hydrogen (secondary N) is 4. The van der Waals surface area contributed by atoms with Gasteiger partial charge < -0.3 is 69.7 Å². The SMILES string of the molecule is CC[C@@H](O)[C@H](OCCO)O[C@@H]1[C@@H](O)[C@H](O[C@@H]2CCC=C(CNC(=O)OCc3ccc([N+](=O)[O-])cc3)O2)[C@@H](NC(=O)OC(C)(C)C)C[C@H]1NC(=O)CCCNC(=O)OC(C)(C)C. The van der Waals surface area contributed by atoms with Gasteiger partial charge in [0.25, 0.3) is 5.69 Å². The van der Waals surface area contributed by atoms with Gasteiger partial charge in [0.2, 0.25) is 5.91 Å². The van der Waals surface area contributed by atoms with Crippen LogP contribution < -0.4 is 21.3 Å². The Labute approximate surface area is 355 Å². The summed E-state index contributed by atoms with van der Waals surface area (Å²) in [6.07, 6.45) is -7.22. The van der Waals surface area contributed by atoms with E-state index in [1.807, 2.05) is 0 Å². The molecule has 21 nitrogen and oxygen atoms in total. The van der Waals surface area contributed by atoms with Crippen LogP contribution in [-0.2, 0) is 44.6 Å². The molecular weight excluding hydrogens is 806 g/mol. The number of aliphatic hydroxyl groups excluding tert-OH is 3. The predicted molar refractivity (Wildman–Crippen MR) is 216 cm³/mol. The van der Waals surface area contributed by atoms with Crippen LogP contribution in [0.3, 0.4) is 0 Å². The number of allylic oxidation sites excluding steroid dienone is 1. The van der Waals surface area contributed by atoms with Gasteiger partial charge >= 0.3 is 18.3 Å². The molecule has 0 spiro atoms. The number of nitro benzene ring substituents is 1. The Balaban J connectivity index is 1.77. The number of ether oxygens (including phenoxy) is 7. The van der Waals surface area contributed by atoms with E-state index in [1.54, 1.807) is 54.5 Å². The van der Waals surface area contributed by atoms with Gasteiger partial charge in [0.1, 0.15) is 48.0 Å². The first-order chi connectivity index (χ1) is 28.7. The number of rotatable bonds is 20. The number of carbonyl (C=O) groups excluding carboxylic acids is 4. The highest BCUT2D eigenvalue weighted by Crippen LogP contribution is 2.31. The second-order valence-corrected chi connectivity index (χ2v) is 16.5. The molecule has 2 aliphatic rings. The number of aliphatic hydroxyl groups is 3. The molecule has 0 aromatic heterocycles. The second-order valence-electron chi connectivity index (χ2n) is 16.5. The maximum atomic E-state index is 13.4. The van der Waals surface area contributed by atoms with E-state index < -0.39 is 96.0 Å². The molecule has 8 atom stereocenters. The quantitative estimate of drug-likeness (QED) is 0.0326. The Morgan fingerprint density at radius 2 is 1.61 bits per heavy atom. The molecule has 0 unspecified atom stereocenters. The molecule has 1 aliphatic carbocycles. The lowest BCUT2D eigenvalue weighted by Gasteiger charge is -2.46. The van der Waals surface area contributed by atoms with Crippen LogP contribution >= 0.6 is 0 Å². The summed E-state index contributed by atoms with van der Waals surface area (Å²) in [5, 5.41) is 54.0. The van der Waals surface area contributed by atoms with Crippen LogP contribution in [0.2, 0.25) is 0 Å². The minimum Gasteiger partial charge on any atom is -0.468 e. The number of benzene rings is 1. The van der Waals surface area contributed by atoms with Crippen molar-refractivity contribution < 1.29 is 72.6 Å². The molecule has 1 saturated carbocycles. The van der Waals surface area contributed by atoms with E-state index in [-0.39, 0.29) is 57.7 Å². The van der Waals surface area contributed by atoms with E-state index in [0.717, 1.165) is 0 Å². The van der Waals surface area contributed by atoms with Gasteiger partial charge in [-0.1, -0.05) is 6.92 Å². The Hall–Kier alpha value is -4.80. The van der Waals surface area contributed by atoms with E-state index >= 15 is 0 Å². The molecule has 0 bridgehead atoms. The molecule has 7 N–H and O–H groups in total. The minimum absolute atomic E-state index is 0.0507. The molecule has 1 aromatic carbocycles. The number of hydrogen-bond acceptors (Lipinski definition) is 16. The molecule has 0 saturated heterocycles. The fraction of sp³-hybridized carbons (Fsp3) is 0.700. The number of amides is 4. The first-order valence-electron chi connectivity index (χ1n) is 20.3. The number of non-ortho nitro benzene ring substituents is 1. The smallest absolute Gasteiger partial charge is 0.407 e. The van der Waals surface area contributed by atoms with Crippen LogP contribution in [0.5, 0.6) is 0 Å². The van der Waals surface area contributed by atoms with Gasteiger partial charge in [-0.3, -0.25) is 14.9 Å². The van der Waals surface area contributed by atoms with Crippen LogP contribution in [0.1, 0.15) is 92.6 Å². The monoisotopic (exact) mass is 869 g/mol. The first-order valence-corrected chi connectivity index (χ1v) is 20.3. The number of alkyl carbamates (subject to hydrolysis) is 3. The average Bonchev–Trinajstić information content (AvgIpc) is 3.17. The van der Waals surface area contributed by atoms with Crippen molar-refractivity contribution in [2.45, 2.75) is 154 Å². The maximum absolute atomic E-state index is 13.4. The van der Waals surface area contributed by atoms with Gasteiger partial charge in [-0.25, -0.2) is 14.4 Å². The third kappa shape index (κ3) is 18.4. The number of nitro groups is 1. The third-order valence-electron chi connectivity index (χ3n) is 8.96. The molecule has 1 aliphatic heterocycles. The minimum atomic E-state index is -1.61. The van der Waals surface area contributed by atoms with Crippen molar-refractivity contribution in [2.24, 2.45) is 0 Å². The van der Waals surface area contributed by atoms with Gasteiger partial charge in [0, 0.05) is 31.5 Å². The Kier molecular flexibility index (Phi) is 19.9. The highest BCUT2D eigenvalue weighted by atomic mass is 16.7. The summed E-state index contributed by atoms with van der Waals surface area (Å²) in [5.74, 6) is -0.159. The third-order valence-corrected chi connectivity index (χ3v) is 8.96. The van der Waals surface area contributed by atoms with Crippen LogP contribution in [0.4, 0.5) is 20.1 Å². The zero-order valence-corrected chi connectivity index (χ0v) is 35.9. The van der Waals surface area contributed by atoms with E-state index in [9.17, 15) is 44.6 Å². The fourth-order valence-corrected chi connectivity index (χ4v) is 6.20. The van der Waals surface area contributed by atoms with Gasteiger partial charge in [-0.15, -0.1) is 0 Å². The number of hydrogen-bond donors (Lipinski definition) is 7. The number of carbonyl (C=O) groups is 4. The first kappa shape index (κ1) is 50.6. The van der Waals surface area contributed by atoms with Crippen molar-refractivity contribution in [3.05, 3.63) is 51.8 Å². The van der Waals surface area contributed by atoms with E-state index in [4.69, 9.17) is 33.2 Å². The summed E-state index contributed by atoms with van der Waals surface area (Å²) >= 11 is 0. The van der Waals surface area contributed by atoms with Crippen molar-refractivity contribution in [3.8, 4) is 0 Å². The molecule has 344 valence electrons. The van der Waals surface area contributed by atoms with Crippen LogP contribution in [-0.4, -0.2) is 131 Å². The molecule has 61 heavy (non-hydrogen) atoms. The summed E-state index contributed by atoms with van der Waals surface area (Å²) in [6, 6.07) is 3.53. The normalized spacial score (nSPS) is 22.6. The van der Waals surface area contributed by atoms with Crippen molar-refractivity contribution >= 4 is 29.9 Å². The lowest BCUT2D eigenvalue weighted by molar-refractivity contribution is -0.384. The summed E-state index contributed by atoms with van der Waals surface area (Å²) in [6.45, 7) is 11.2. The van der Waals surface area contributed by atoms with E-state index in [0.29, 0.717) is 24.2 Å². The van der Waals surface area contributed by atoms with Crippen molar-refractivity contribution in [2.75, 3.05) is 26.3 Å². The van der Waals surface area contributed by atoms with Gasteiger partial charge in [-0.2, -0.15) is 0 Å². The Bertz CT molecular complexity index is 1620. The van der Waals surface area contributed by atoms with Gasteiger partial charge in [0.05, 0.1) is 36.8 Å². The molecular formula is C40H63N5O16. The Morgan fingerprint density at radius 3 is 2.23 bits per heavy atom. The highest BCUT2D eigenvalue weighted by molar-refractivity contribution is 5.76. The zero-order valence-electron chi connectivity index (χ0n) is 35.9. The van der Waals surface area contributed by atoms with E-state index in [2.05, 4.69) is 21.3 Å². The topological polar surface area (TPSA) is 285 Å². The molecule has 1 heterocycles. The molecule has 3 rings (SSSR count). The summed E-state index contributed by atoms with van der Waals surface area (Å²) in [5.41, 5.74) is -1.16. The molecule has 0 radical (unpaired) electrons. The standard InChI is InChI=1S/C40H63N5O16/c1-8-29(47)35(55-20-19-46)59-34-27(43-30(48)12-10-18-41-37(51)60-39(2,3)4)21-28(44-38(52)61-40(5,6)7)33(32(34)49)58-31-13-9-11-26(57-31)22-42-36(50)56-23-24-14-16-25(17-15-24)45(53)54/h11,14-17,27-29,31-35,46-47,49H,8-10,12-13,18-23H2,1-7H3,(H,41,51)(H,42,50)(H,43,48)(H,44,52)/t27-,28+,29-,31-,32+,33-,34+,35-/m1/s1. The molecule has 21 heteroatoms. The van der Waals surface area contributed by atoms with Gasteiger partial charge in [0.15, 0.2) is 12.6 Å². The lowest BCUT2D eigenvalue weighted by Crippen LogP contribution is -2.67. The average molecular weight is 870 g/mol. The molecule has 4 amide bonds. The molecule has 1 aromatic rings. The van der Waals surface area contributed by atoms with Crippen molar-refractivity contribution in [3.63, 3.8) is 0 Å².